The summed E-state index contributed by atoms with van der Waals surface area (Å²) in [7, 11) is 0. The third-order valence-corrected chi connectivity index (χ3v) is 4.80. The summed E-state index contributed by atoms with van der Waals surface area (Å²) in [5.41, 5.74) is 1.03. The number of aliphatic imine (C=N–C) groups is 1. The lowest BCUT2D eigenvalue weighted by Crippen LogP contribution is -2.44. The molecule has 2 rings (SSSR count). The van der Waals surface area contributed by atoms with Gasteiger partial charge in [-0.15, -0.1) is 0 Å². The highest BCUT2D eigenvalue weighted by Crippen LogP contribution is 2.24. The molecule has 0 radical (unpaired) electrons. The number of amides is 1. The number of rotatable bonds is 6. The largest absolute Gasteiger partial charge is 0.371 e. The SMILES string of the molecule is CCNC(=NCC(=O)NC(C)(C)C)NCC1CCN(c2ccc(Br)cc2)C1. The van der Waals surface area contributed by atoms with Crippen LogP contribution in [0.4, 0.5) is 5.69 Å². The molecule has 150 valence electrons. The molecule has 1 aromatic rings. The minimum absolute atomic E-state index is 0.0676. The van der Waals surface area contributed by atoms with Crippen molar-refractivity contribution < 1.29 is 4.79 Å². The van der Waals surface area contributed by atoms with E-state index >= 15 is 0 Å². The van der Waals surface area contributed by atoms with E-state index in [1.54, 1.807) is 0 Å². The van der Waals surface area contributed by atoms with Crippen LogP contribution >= 0.6 is 15.9 Å². The van der Waals surface area contributed by atoms with Gasteiger partial charge in [-0.3, -0.25) is 4.79 Å². The van der Waals surface area contributed by atoms with Gasteiger partial charge in [-0.1, -0.05) is 15.9 Å². The minimum Gasteiger partial charge on any atom is -0.371 e. The number of carbonyl (C=O) groups excluding carboxylic acids is 1. The van der Waals surface area contributed by atoms with Gasteiger partial charge < -0.3 is 20.9 Å². The molecule has 1 saturated heterocycles. The second-order valence-corrected chi connectivity index (χ2v) is 8.87. The molecule has 1 aromatic carbocycles. The summed E-state index contributed by atoms with van der Waals surface area (Å²) in [6.45, 7) is 11.8. The van der Waals surface area contributed by atoms with Gasteiger partial charge in [-0.05, 0) is 64.3 Å². The van der Waals surface area contributed by atoms with Crippen LogP contribution in [-0.4, -0.2) is 50.1 Å². The zero-order chi connectivity index (χ0) is 19.9. The summed E-state index contributed by atoms with van der Waals surface area (Å²) < 4.78 is 1.10. The van der Waals surface area contributed by atoms with Crippen molar-refractivity contribution in [2.45, 2.75) is 39.7 Å². The second kappa shape index (κ2) is 9.97. The van der Waals surface area contributed by atoms with Crippen LogP contribution < -0.4 is 20.9 Å². The van der Waals surface area contributed by atoms with Gasteiger partial charge in [-0.25, -0.2) is 4.99 Å². The number of anilines is 1. The summed E-state index contributed by atoms with van der Waals surface area (Å²) in [6.07, 6.45) is 1.15. The Labute approximate surface area is 171 Å². The second-order valence-electron chi connectivity index (χ2n) is 7.95. The number of nitrogens with zero attached hydrogens (tertiary/aromatic N) is 2. The van der Waals surface area contributed by atoms with Gasteiger partial charge in [-0.2, -0.15) is 0 Å². The molecule has 0 aliphatic carbocycles. The van der Waals surface area contributed by atoms with Gasteiger partial charge in [0.25, 0.3) is 0 Å². The standard InChI is InChI=1S/C20H32BrN5O/c1-5-22-19(24-13-18(27)25-20(2,3)4)23-12-15-10-11-26(14-15)17-8-6-16(21)7-9-17/h6-9,15H,5,10-14H2,1-4H3,(H,25,27)(H2,22,23,24). The van der Waals surface area contributed by atoms with Crippen molar-refractivity contribution in [2.75, 3.05) is 37.6 Å². The maximum absolute atomic E-state index is 12.0. The van der Waals surface area contributed by atoms with Crippen molar-refractivity contribution in [3.05, 3.63) is 28.7 Å². The quantitative estimate of drug-likeness (QED) is 0.472. The zero-order valence-corrected chi connectivity index (χ0v) is 18.4. The first-order chi connectivity index (χ1) is 12.8. The predicted octanol–water partition coefficient (Wildman–Crippen LogP) is 2.75. The molecule has 1 aliphatic heterocycles. The van der Waals surface area contributed by atoms with E-state index in [1.165, 1.54) is 5.69 Å². The van der Waals surface area contributed by atoms with Crippen LogP contribution in [0.3, 0.4) is 0 Å². The smallest absolute Gasteiger partial charge is 0.242 e. The lowest BCUT2D eigenvalue weighted by molar-refractivity contribution is -0.121. The highest BCUT2D eigenvalue weighted by Gasteiger charge is 2.23. The van der Waals surface area contributed by atoms with Gasteiger partial charge in [0, 0.05) is 41.9 Å². The van der Waals surface area contributed by atoms with Crippen molar-refractivity contribution in [3.63, 3.8) is 0 Å². The van der Waals surface area contributed by atoms with E-state index in [-0.39, 0.29) is 18.0 Å². The molecule has 1 aliphatic rings. The lowest BCUT2D eigenvalue weighted by Gasteiger charge is -2.20. The Balaban J connectivity index is 1.82. The van der Waals surface area contributed by atoms with E-state index in [2.05, 4.69) is 66.0 Å². The maximum Gasteiger partial charge on any atom is 0.242 e. The first-order valence-corrected chi connectivity index (χ1v) is 10.4. The summed E-state index contributed by atoms with van der Waals surface area (Å²) >= 11 is 3.49. The summed E-state index contributed by atoms with van der Waals surface area (Å²) in [5, 5.41) is 9.53. The fraction of sp³-hybridized carbons (Fsp3) is 0.600. The minimum atomic E-state index is -0.237. The Bertz CT molecular complexity index is 639. The molecule has 7 heteroatoms. The summed E-state index contributed by atoms with van der Waals surface area (Å²) in [5.74, 6) is 1.19. The zero-order valence-electron chi connectivity index (χ0n) is 16.8. The number of hydrogen-bond acceptors (Lipinski definition) is 3. The molecule has 3 N–H and O–H groups in total. The van der Waals surface area contributed by atoms with Gasteiger partial charge in [0.05, 0.1) is 0 Å². The topological polar surface area (TPSA) is 68.8 Å². The molecule has 6 nitrogen and oxygen atoms in total. The van der Waals surface area contributed by atoms with Crippen LogP contribution in [0.5, 0.6) is 0 Å². The Morgan fingerprint density at radius 2 is 1.96 bits per heavy atom. The van der Waals surface area contributed by atoms with E-state index in [0.29, 0.717) is 11.9 Å². The van der Waals surface area contributed by atoms with Crippen molar-refractivity contribution in [1.82, 2.24) is 16.0 Å². The van der Waals surface area contributed by atoms with E-state index in [9.17, 15) is 4.79 Å². The Morgan fingerprint density at radius 1 is 1.26 bits per heavy atom. The molecule has 1 unspecified atom stereocenters. The average Bonchev–Trinajstić information content (AvgIpc) is 3.05. The highest BCUT2D eigenvalue weighted by molar-refractivity contribution is 9.10. The lowest BCUT2D eigenvalue weighted by atomic mass is 10.1. The number of nitrogens with one attached hydrogen (secondary N) is 3. The highest BCUT2D eigenvalue weighted by atomic mass is 79.9. The predicted molar refractivity (Wildman–Crippen MR) is 116 cm³/mol. The Kier molecular flexibility index (Phi) is 7.95. The van der Waals surface area contributed by atoms with E-state index in [4.69, 9.17) is 0 Å². The average molecular weight is 438 g/mol. The van der Waals surface area contributed by atoms with Crippen molar-refractivity contribution >= 4 is 33.5 Å². The van der Waals surface area contributed by atoms with Gasteiger partial charge in [0.2, 0.25) is 5.91 Å². The number of guanidine groups is 1. The molecule has 0 bridgehead atoms. The van der Waals surface area contributed by atoms with Crippen LogP contribution in [0.1, 0.15) is 34.1 Å². The Morgan fingerprint density at radius 3 is 2.59 bits per heavy atom. The van der Waals surface area contributed by atoms with Gasteiger partial charge in [0.1, 0.15) is 6.54 Å². The Hall–Kier alpha value is -1.76. The van der Waals surface area contributed by atoms with Crippen LogP contribution in [0.25, 0.3) is 0 Å². The first-order valence-electron chi connectivity index (χ1n) is 9.60. The number of hydrogen-bond donors (Lipinski definition) is 3. The molecule has 0 aromatic heterocycles. The molecule has 0 saturated carbocycles. The van der Waals surface area contributed by atoms with Crippen molar-refractivity contribution in [3.8, 4) is 0 Å². The molecule has 1 atom stereocenters. The fourth-order valence-corrected chi connectivity index (χ4v) is 3.34. The van der Waals surface area contributed by atoms with E-state index in [1.807, 2.05) is 27.7 Å². The fourth-order valence-electron chi connectivity index (χ4n) is 3.08. The molecular weight excluding hydrogens is 406 g/mol. The van der Waals surface area contributed by atoms with E-state index in [0.717, 1.165) is 37.1 Å². The number of benzene rings is 1. The molecular formula is C20H32BrN5O. The van der Waals surface area contributed by atoms with Crippen LogP contribution in [0.15, 0.2) is 33.7 Å². The molecule has 0 spiro atoms. The number of halogens is 1. The molecule has 1 amide bonds. The summed E-state index contributed by atoms with van der Waals surface area (Å²) in [4.78, 5) is 18.8. The van der Waals surface area contributed by atoms with Crippen LogP contribution in [-0.2, 0) is 4.79 Å². The molecule has 27 heavy (non-hydrogen) atoms. The third-order valence-electron chi connectivity index (χ3n) is 4.28. The third kappa shape index (κ3) is 7.79. The van der Waals surface area contributed by atoms with Crippen molar-refractivity contribution in [1.29, 1.82) is 0 Å². The van der Waals surface area contributed by atoms with Crippen LogP contribution in [0, 0.1) is 5.92 Å². The monoisotopic (exact) mass is 437 g/mol. The van der Waals surface area contributed by atoms with Crippen molar-refractivity contribution in [2.24, 2.45) is 10.9 Å². The van der Waals surface area contributed by atoms with E-state index < -0.39 is 0 Å². The van der Waals surface area contributed by atoms with Crippen LogP contribution in [0.2, 0.25) is 0 Å². The number of carbonyl (C=O) groups is 1. The normalized spacial score (nSPS) is 17.7. The van der Waals surface area contributed by atoms with Gasteiger partial charge in [0.15, 0.2) is 5.96 Å². The first kappa shape index (κ1) is 21.5. The summed E-state index contributed by atoms with van der Waals surface area (Å²) in [6, 6.07) is 8.47. The van der Waals surface area contributed by atoms with Gasteiger partial charge >= 0.3 is 0 Å². The molecule has 1 fully saturated rings. The maximum atomic E-state index is 12.0. The molecule has 1 heterocycles.